The highest BCUT2D eigenvalue weighted by molar-refractivity contribution is 7.89. The number of piperidine rings is 1. The van der Waals surface area contributed by atoms with Gasteiger partial charge in [-0.25, -0.2) is 8.42 Å². The molecule has 2 atom stereocenters. The monoisotopic (exact) mass is 459 g/mol. The Morgan fingerprint density at radius 1 is 1.00 bits per heavy atom. The number of hydrogen-bond acceptors (Lipinski definition) is 4. The van der Waals surface area contributed by atoms with Gasteiger partial charge in [0.25, 0.3) is 0 Å². The van der Waals surface area contributed by atoms with Gasteiger partial charge in [0, 0.05) is 25.3 Å². The van der Waals surface area contributed by atoms with E-state index >= 15 is 0 Å². The van der Waals surface area contributed by atoms with Crippen LogP contribution in [0.3, 0.4) is 0 Å². The summed E-state index contributed by atoms with van der Waals surface area (Å²) in [6.07, 6.45) is 2.90. The Hall–Kier alpha value is -2.00. The Bertz CT molecular complexity index is 990. The second-order valence-electron chi connectivity index (χ2n) is 8.06. The van der Waals surface area contributed by atoms with E-state index in [9.17, 15) is 8.42 Å². The van der Waals surface area contributed by atoms with Crippen molar-refractivity contribution in [2.75, 3.05) is 31.6 Å². The van der Waals surface area contributed by atoms with Crippen LogP contribution in [0.15, 0.2) is 59.5 Å². The normalized spacial score (nSPS) is 22.8. The topological polar surface area (TPSA) is 61.9 Å². The van der Waals surface area contributed by atoms with Crippen molar-refractivity contribution >= 4 is 33.0 Å². The molecule has 166 valence electrons. The van der Waals surface area contributed by atoms with E-state index in [1.807, 2.05) is 18.2 Å². The Labute approximate surface area is 190 Å². The summed E-state index contributed by atoms with van der Waals surface area (Å²) in [5, 5.41) is 3.88. The molecule has 2 aliphatic rings. The van der Waals surface area contributed by atoms with E-state index in [-0.39, 0.29) is 12.1 Å². The molecule has 0 aliphatic carbocycles. The third kappa shape index (κ3) is 4.92. The van der Waals surface area contributed by atoms with Gasteiger partial charge in [0.1, 0.15) is 6.10 Å². The van der Waals surface area contributed by atoms with Gasteiger partial charge in [0.05, 0.1) is 17.5 Å². The van der Waals surface area contributed by atoms with Gasteiger partial charge < -0.3 is 15.0 Å². The number of nitrogens with one attached hydrogen (secondary N) is 1. The van der Waals surface area contributed by atoms with Crippen molar-refractivity contribution in [3.63, 3.8) is 0 Å². The first-order valence-electron chi connectivity index (χ1n) is 10.8. The van der Waals surface area contributed by atoms with E-state index in [2.05, 4.69) is 29.3 Å². The molecule has 31 heavy (non-hydrogen) atoms. The van der Waals surface area contributed by atoms with Gasteiger partial charge in [-0.1, -0.05) is 36.8 Å². The summed E-state index contributed by atoms with van der Waals surface area (Å²) in [5.41, 5.74) is 1.91. The lowest BCUT2D eigenvalue weighted by molar-refractivity contribution is -0.0404. The van der Waals surface area contributed by atoms with Crippen LogP contribution < -0.4 is 5.32 Å². The zero-order valence-corrected chi connectivity index (χ0v) is 19.4. The van der Waals surface area contributed by atoms with Crippen LogP contribution in [0.1, 0.15) is 37.9 Å². The summed E-state index contributed by atoms with van der Waals surface area (Å²) in [7, 11) is -3.43. The average Bonchev–Trinajstić information content (AvgIpc) is 2.80. The fourth-order valence-corrected chi connectivity index (χ4v) is 6.14. The highest BCUT2D eigenvalue weighted by Gasteiger charge is 2.31. The molecule has 2 aromatic rings. The molecule has 2 fully saturated rings. The molecule has 0 radical (unpaired) electrons. The molecule has 1 N–H and O–H groups in total. The van der Waals surface area contributed by atoms with Crippen LogP contribution in [0.25, 0.3) is 0 Å². The van der Waals surface area contributed by atoms with Crippen molar-refractivity contribution in [1.82, 2.24) is 9.21 Å². The maximum atomic E-state index is 12.8. The maximum absolute atomic E-state index is 12.8. The first-order valence-corrected chi connectivity index (χ1v) is 12.7. The van der Waals surface area contributed by atoms with Crippen LogP contribution in [-0.4, -0.2) is 55.0 Å². The summed E-state index contributed by atoms with van der Waals surface area (Å²) < 4.78 is 33.3. The number of benzene rings is 2. The molecule has 8 heteroatoms. The molecule has 0 spiro atoms. The van der Waals surface area contributed by atoms with Gasteiger partial charge in [-0.05, 0) is 61.8 Å². The molecular formula is C23H29N3O3S2. The Morgan fingerprint density at radius 2 is 1.68 bits per heavy atom. The minimum Gasteiger partial charge on any atom is -0.370 e. The van der Waals surface area contributed by atoms with Gasteiger partial charge in [-0.3, -0.25) is 0 Å². The first kappa shape index (κ1) is 22.2. The summed E-state index contributed by atoms with van der Waals surface area (Å²) in [5.74, 6) is 0. The lowest BCUT2D eigenvalue weighted by Crippen LogP contribution is -2.50. The smallest absolute Gasteiger partial charge is 0.243 e. The van der Waals surface area contributed by atoms with Crippen LogP contribution in [-0.2, 0) is 14.8 Å². The summed E-state index contributed by atoms with van der Waals surface area (Å²) in [4.78, 5) is 2.46. The van der Waals surface area contributed by atoms with E-state index in [1.54, 1.807) is 28.6 Å². The van der Waals surface area contributed by atoms with Gasteiger partial charge in [0.15, 0.2) is 5.11 Å². The fourth-order valence-electron chi connectivity index (χ4n) is 4.25. The first-order chi connectivity index (χ1) is 15.0. The lowest BCUT2D eigenvalue weighted by atomic mass is 10.0. The number of nitrogens with zero attached hydrogens (tertiary/aromatic N) is 2. The van der Waals surface area contributed by atoms with Crippen molar-refractivity contribution in [3.8, 4) is 0 Å². The van der Waals surface area contributed by atoms with Gasteiger partial charge in [-0.15, -0.1) is 0 Å². The van der Waals surface area contributed by atoms with Crippen molar-refractivity contribution in [2.24, 2.45) is 0 Å². The molecule has 6 nitrogen and oxygen atoms in total. The minimum absolute atomic E-state index is 0.0493. The largest absolute Gasteiger partial charge is 0.370 e. The lowest BCUT2D eigenvalue weighted by Gasteiger charge is -2.41. The second kappa shape index (κ2) is 9.65. The molecule has 0 unspecified atom stereocenters. The number of morpholine rings is 1. The molecule has 2 saturated heterocycles. The molecule has 0 aromatic heterocycles. The number of rotatable bonds is 4. The Kier molecular flexibility index (Phi) is 6.91. The molecule has 0 bridgehead atoms. The number of hydrogen-bond donors (Lipinski definition) is 1. The minimum atomic E-state index is -3.43. The van der Waals surface area contributed by atoms with E-state index in [1.165, 1.54) is 0 Å². The number of thiocarbonyl (C=S) groups is 1. The Balaban J connectivity index is 1.42. The summed E-state index contributed by atoms with van der Waals surface area (Å²) in [6.45, 7) is 4.61. The van der Waals surface area contributed by atoms with Crippen molar-refractivity contribution < 1.29 is 13.2 Å². The van der Waals surface area contributed by atoms with E-state index in [0.29, 0.717) is 36.2 Å². The quantitative estimate of drug-likeness (QED) is 0.697. The number of ether oxygens (including phenoxy) is 1. The third-order valence-corrected chi connectivity index (χ3v) is 8.26. The Morgan fingerprint density at radius 3 is 2.35 bits per heavy atom. The fraction of sp³-hybridized carbons (Fsp3) is 0.435. The molecule has 2 aromatic carbocycles. The molecule has 4 rings (SSSR count). The highest BCUT2D eigenvalue weighted by atomic mass is 32.2. The van der Waals surface area contributed by atoms with Crippen molar-refractivity contribution in [2.45, 2.75) is 43.2 Å². The zero-order chi connectivity index (χ0) is 21.8. The third-order valence-electron chi connectivity index (χ3n) is 6.01. The predicted octanol–water partition coefficient (Wildman–Crippen LogP) is 4.02. The van der Waals surface area contributed by atoms with E-state index in [0.717, 1.165) is 30.5 Å². The van der Waals surface area contributed by atoms with Crippen molar-refractivity contribution in [3.05, 3.63) is 60.2 Å². The highest BCUT2D eigenvalue weighted by Crippen LogP contribution is 2.29. The number of sulfonamides is 1. The molecule has 0 saturated carbocycles. The van der Waals surface area contributed by atoms with Crippen LogP contribution >= 0.6 is 12.2 Å². The van der Waals surface area contributed by atoms with E-state index < -0.39 is 10.0 Å². The van der Waals surface area contributed by atoms with Crippen LogP contribution in [0.5, 0.6) is 0 Å². The molecule has 2 aliphatic heterocycles. The van der Waals surface area contributed by atoms with Gasteiger partial charge in [-0.2, -0.15) is 4.31 Å². The van der Waals surface area contributed by atoms with Gasteiger partial charge >= 0.3 is 0 Å². The molecule has 2 heterocycles. The SMILES string of the molecule is C[C@@H]1[C@@H](c2ccccc2)OCCN1C(=S)Nc1ccc(S(=O)(=O)N2CCCCC2)cc1. The summed E-state index contributed by atoms with van der Waals surface area (Å²) >= 11 is 5.68. The predicted molar refractivity (Wildman–Crippen MR) is 127 cm³/mol. The van der Waals surface area contributed by atoms with Crippen LogP contribution in [0.4, 0.5) is 5.69 Å². The second-order valence-corrected chi connectivity index (χ2v) is 10.4. The van der Waals surface area contributed by atoms with E-state index in [4.69, 9.17) is 17.0 Å². The zero-order valence-electron chi connectivity index (χ0n) is 17.7. The van der Waals surface area contributed by atoms with Gasteiger partial charge in [0.2, 0.25) is 10.0 Å². The standard InChI is InChI=1S/C23H29N3O3S2/c1-18-22(19-8-4-2-5-9-19)29-17-16-26(18)23(30)24-20-10-12-21(13-11-20)31(27,28)25-14-6-3-7-15-25/h2,4-5,8-13,18,22H,3,6-7,14-17H2,1H3,(H,24,30)/t18-,22+/m1/s1. The maximum Gasteiger partial charge on any atom is 0.243 e. The molecule has 0 amide bonds. The number of anilines is 1. The molecular weight excluding hydrogens is 430 g/mol. The van der Waals surface area contributed by atoms with Crippen molar-refractivity contribution in [1.29, 1.82) is 0 Å². The van der Waals surface area contributed by atoms with Crippen LogP contribution in [0, 0.1) is 0 Å². The summed E-state index contributed by atoms with van der Waals surface area (Å²) in [6, 6.07) is 17.1. The van der Waals surface area contributed by atoms with Crippen LogP contribution in [0.2, 0.25) is 0 Å². The average molecular weight is 460 g/mol.